The van der Waals surface area contributed by atoms with Gasteiger partial charge in [0, 0.05) is 6.20 Å². The molecular formula is C14H22N4O. The minimum absolute atomic E-state index is 0.000840. The van der Waals surface area contributed by atoms with Gasteiger partial charge < -0.3 is 5.32 Å². The Hall–Kier alpha value is -1.49. The largest absolute Gasteiger partial charge is 0.349 e. The van der Waals surface area contributed by atoms with E-state index in [1.807, 2.05) is 14.0 Å². The van der Waals surface area contributed by atoms with E-state index in [0.717, 1.165) is 30.8 Å². The van der Waals surface area contributed by atoms with Crippen LogP contribution in [0.25, 0.3) is 0 Å². The van der Waals surface area contributed by atoms with Gasteiger partial charge in [-0.3, -0.25) is 19.7 Å². The molecule has 5 nitrogen and oxygen atoms in total. The molecule has 104 valence electrons. The average molecular weight is 262 g/mol. The molecule has 5 heteroatoms. The standard InChI is InChI=1S/C14H22N4O/c1-11-8-16-12(9-15-11)10-17-14(19)13-6-4-3-5-7-18(13)2/h8-9,13H,3-7,10H2,1-2H3,(H,17,19)/t13-/m1/s1. The zero-order valence-corrected chi connectivity index (χ0v) is 11.7. The lowest BCUT2D eigenvalue weighted by Crippen LogP contribution is -2.44. The number of aryl methyl sites for hydroxylation is 1. The first-order valence-electron chi connectivity index (χ1n) is 6.92. The number of likely N-dealkylation sites (tertiary alicyclic amines) is 1. The van der Waals surface area contributed by atoms with Crippen LogP contribution in [0.2, 0.25) is 0 Å². The van der Waals surface area contributed by atoms with Crippen LogP contribution in [0, 0.1) is 6.92 Å². The topological polar surface area (TPSA) is 58.1 Å². The van der Waals surface area contributed by atoms with Gasteiger partial charge in [-0.1, -0.05) is 12.8 Å². The van der Waals surface area contributed by atoms with Gasteiger partial charge in [0.15, 0.2) is 0 Å². The van der Waals surface area contributed by atoms with Gasteiger partial charge in [0.2, 0.25) is 5.91 Å². The zero-order valence-electron chi connectivity index (χ0n) is 11.7. The first-order chi connectivity index (χ1) is 9.16. The van der Waals surface area contributed by atoms with Crippen molar-refractivity contribution in [2.75, 3.05) is 13.6 Å². The van der Waals surface area contributed by atoms with E-state index in [-0.39, 0.29) is 11.9 Å². The summed E-state index contributed by atoms with van der Waals surface area (Å²) in [4.78, 5) is 22.8. The highest BCUT2D eigenvalue weighted by molar-refractivity contribution is 5.81. The number of carbonyl (C=O) groups excluding carboxylic acids is 1. The van der Waals surface area contributed by atoms with E-state index in [4.69, 9.17) is 0 Å². The van der Waals surface area contributed by atoms with Crippen LogP contribution in [0.5, 0.6) is 0 Å². The molecule has 0 saturated carbocycles. The summed E-state index contributed by atoms with van der Waals surface area (Å²) in [6, 6.07) is 0.000840. The third-order valence-corrected chi connectivity index (χ3v) is 3.60. The van der Waals surface area contributed by atoms with E-state index in [1.54, 1.807) is 12.4 Å². The summed E-state index contributed by atoms with van der Waals surface area (Å²) in [6.45, 7) is 3.36. The Labute approximate surface area is 114 Å². The highest BCUT2D eigenvalue weighted by Crippen LogP contribution is 2.15. The van der Waals surface area contributed by atoms with Gasteiger partial charge >= 0.3 is 0 Å². The predicted molar refractivity (Wildman–Crippen MR) is 73.5 cm³/mol. The number of hydrogen-bond acceptors (Lipinski definition) is 4. The number of hydrogen-bond donors (Lipinski definition) is 1. The SMILES string of the molecule is Cc1cnc(CNC(=O)[C@H]2CCCCCN2C)cn1. The maximum atomic E-state index is 12.2. The molecule has 1 aromatic heterocycles. The van der Waals surface area contributed by atoms with Gasteiger partial charge in [0.05, 0.1) is 30.2 Å². The molecule has 19 heavy (non-hydrogen) atoms. The molecule has 1 aromatic rings. The Balaban J connectivity index is 1.87. The molecule has 1 aliphatic heterocycles. The summed E-state index contributed by atoms with van der Waals surface area (Å²) in [7, 11) is 2.03. The van der Waals surface area contributed by atoms with E-state index < -0.39 is 0 Å². The van der Waals surface area contributed by atoms with E-state index in [9.17, 15) is 4.79 Å². The number of likely N-dealkylation sites (N-methyl/N-ethyl adjacent to an activating group) is 1. The number of aromatic nitrogens is 2. The maximum absolute atomic E-state index is 12.2. The van der Waals surface area contributed by atoms with Crippen LogP contribution < -0.4 is 5.32 Å². The quantitative estimate of drug-likeness (QED) is 0.891. The van der Waals surface area contributed by atoms with Crippen molar-refractivity contribution in [1.29, 1.82) is 0 Å². The third-order valence-electron chi connectivity index (χ3n) is 3.60. The summed E-state index contributed by atoms with van der Waals surface area (Å²) >= 11 is 0. The molecular weight excluding hydrogens is 240 g/mol. The lowest BCUT2D eigenvalue weighted by Gasteiger charge is -2.24. The van der Waals surface area contributed by atoms with E-state index in [0.29, 0.717) is 6.54 Å². The van der Waals surface area contributed by atoms with Crippen molar-refractivity contribution >= 4 is 5.91 Å². The predicted octanol–water partition coefficient (Wildman–Crippen LogP) is 1.28. The normalized spacial score (nSPS) is 20.8. The smallest absolute Gasteiger partial charge is 0.237 e. The summed E-state index contributed by atoms with van der Waals surface area (Å²) < 4.78 is 0. The molecule has 2 rings (SSSR count). The number of nitrogens with zero attached hydrogens (tertiary/aromatic N) is 3. The van der Waals surface area contributed by atoms with Crippen molar-refractivity contribution in [2.24, 2.45) is 0 Å². The van der Waals surface area contributed by atoms with Crippen LogP contribution in [0.3, 0.4) is 0 Å². The summed E-state index contributed by atoms with van der Waals surface area (Å²) in [6.07, 6.45) is 7.92. The van der Waals surface area contributed by atoms with E-state index >= 15 is 0 Å². The maximum Gasteiger partial charge on any atom is 0.237 e. The fourth-order valence-electron chi connectivity index (χ4n) is 2.39. The van der Waals surface area contributed by atoms with Crippen LogP contribution in [0.15, 0.2) is 12.4 Å². The molecule has 1 aliphatic rings. The lowest BCUT2D eigenvalue weighted by molar-refractivity contribution is -0.126. The van der Waals surface area contributed by atoms with Crippen molar-refractivity contribution in [2.45, 2.75) is 45.2 Å². The molecule has 1 N–H and O–H groups in total. The highest BCUT2D eigenvalue weighted by Gasteiger charge is 2.24. The molecule has 2 heterocycles. The molecule has 1 fully saturated rings. The summed E-state index contributed by atoms with van der Waals surface area (Å²) in [5.41, 5.74) is 1.69. The molecule has 0 radical (unpaired) electrons. The Bertz CT molecular complexity index is 418. The number of nitrogens with one attached hydrogen (secondary N) is 1. The molecule has 0 spiro atoms. The summed E-state index contributed by atoms with van der Waals surface area (Å²) in [5.74, 6) is 0.103. The van der Waals surface area contributed by atoms with Gasteiger partial charge in [-0.2, -0.15) is 0 Å². The summed E-state index contributed by atoms with van der Waals surface area (Å²) in [5, 5.41) is 2.96. The third kappa shape index (κ3) is 3.99. The van der Waals surface area contributed by atoms with E-state index in [2.05, 4.69) is 20.2 Å². The second-order valence-corrected chi connectivity index (χ2v) is 5.21. The number of carbonyl (C=O) groups is 1. The molecule has 0 unspecified atom stereocenters. The molecule has 1 amide bonds. The average Bonchev–Trinajstić information content (AvgIpc) is 2.62. The van der Waals surface area contributed by atoms with Crippen LogP contribution in [-0.4, -0.2) is 40.4 Å². The van der Waals surface area contributed by atoms with Gasteiger partial charge in [-0.15, -0.1) is 0 Å². The first-order valence-corrected chi connectivity index (χ1v) is 6.92. The zero-order chi connectivity index (χ0) is 13.7. The van der Waals surface area contributed by atoms with Crippen LogP contribution in [-0.2, 0) is 11.3 Å². The van der Waals surface area contributed by atoms with Crippen molar-refractivity contribution in [3.8, 4) is 0 Å². The Kier molecular flexibility index (Phi) is 4.85. The Morgan fingerprint density at radius 3 is 2.95 bits per heavy atom. The highest BCUT2D eigenvalue weighted by atomic mass is 16.2. The van der Waals surface area contributed by atoms with Crippen molar-refractivity contribution in [3.63, 3.8) is 0 Å². The fraction of sp³-hybridized carbons (Fsp3) is 0.643. The second-order valence-electron chi connectivity index (χ2n) is 5.21. The number of amides is 1. The van der Waals surface area contributed by atoms with Crippen LogP contribution in [0.4, 0.5) is 0 Å². The molecule has 0 aliphatic carbocycles. The molecule has 1 saturated heterocycles. The first kappa shape index (κ1) is 13.9. The Morgan fingerprint density at radius 2 is 2.21 bits per heavy atom. The van der Waals surface area contributed by atoms with Gasteiger partial charge in [0.25, 0.3) is 0 Å². The van der Waals surface area contributed by atoms with Crippen molar-refractivity contribution in [3.05, 3.63) is 23.8 Å². The van der Waals surface area contributed by atoms with E-state index in [1.165, 1.54) is 12.8 Å². The van der Waals surface area contributed by atoms with Crippen LogP contribution >= 0.6 is 0 Å². The monoisotopic (exact) mass is 262 g/mol. The van der Waals surface area contributed by atoms with Gasteiger partial charge in [0.1, 0.15) is 0 Å². The van der Waals surface area contributed by atoms with Crippen molar-refractivity contribution < 1.29 is 4.79 Å². The van der Waals surface area contributed by atoms with Gasteiger partial charge in [-0.25, -0.2) is 0 Å². The molecule has 0 aromatic carbocycles. The fourth-order valence-corrected chi connectivity index (χ4v) is 2.39. The minimum Gasteiger partial charge on any atom is -0.349 e. The van der Waals surface area contributed by atoms with Gasteiger partial charge in [-0.05, 0) is 33.4 Å². The second kappa shape index (κ2) is 6.61. The Morgan fingerprint density at radius 1 is 1.37 bits per heavy atom. The minimum atomic E-state index is 0.000840. The van der Waals surface area contributed by atoms with Crippen molar-refractivity contribution in [1.82, 2.24) is 20.2 Å². The molecule has 0 bridgehead atoms. The number of rotatable bonds is 3. The van der Waals surface area contributed by atoms with Crippen LogP contribution in [0.1, 0.15) is 37.1 Å². The molecule has 1 atom stereocenters. The lowest BCUT2D eigenvalue weighted by atomic mass is 10.1.